The molecule has 158 valence electrons. The van der Waals surface area contributed by atoms with Crippen LogP contribution in [0.2, 0.25) is 0 Å². The van der Waals surface area contributed by atoms with Crippen LogP contribution in [0.25, 0.3) is 21.9 Å². The fraction of sp³-hybridized carbons (Fsp3) is 0.125. The molecule has 1 aliphatic rings. The van der Waals surface area contributed by atoms with Gasteiger partial charge in [0.05, 0.1) is 16.8 Å². The second-order valence-corrected chi connectivity index (χ2v) is 7.76. The van der Waals surface area contributed by atoms with Gasteiger partial charge in [-0.15, -0.1) is 0 Å². The van der Waals surface area contributed by atoms with Gasteiger partial charge in [0.1, 0.15) is 23.4 Å². The third-order valence-electron chi connectivity index (χ3n) is 5.58. The number of ether oxygens (including phenoxy) is 1. The molecule has 2 N–H and O–H groups in total. The lowest BCUT2D eigenvalue weighted by atomic mass is 10.2. The molecule has 0 spiro atoms. The number of amides is 1. The lowest BCUT2D eigenvalue weighted by Crippen LogP contribution is -2.18. The highest BCUT2D eigenvalue weighted by Gasteiger charge is 2.18. The molecule has 0 atom stereocenters. The minimum absolute atomic E-state index is 0.243. The Labute approximate surface area is 182 Å². The number of aromatic nitrogens is 3. The first-order valence-corrected chi connectivity index (χ1v) is 10.3. The minimum atomic E-state index is -0.243. The number of rotatable bonds is 3. The predicted molar refractivity (Wildman–Crippen MR) is 120 cm³/mol. The molecule has 5 aromatic rings. The molecule has 0 bridgehead atoms. The fourth-order valence-electron chi connectivity index (χ4n) is 4.06. The van der Waals surface area contributed by atoms with Gasteiger partial charge in [-0.05, 0) is 55.5 Å². The average Bonchev–Trinajstić information content (AvgIpc) is 3.50. The molecule has 1 aliphatic heterocycles. The van der Waals surface area contributed by atoms with Crippen molar-refractivity contribution in [1.29, 1.82) is 0 Å². The maximum absolute atomic E-state index is 12.9. The molecule has 8 nitrogen and oxygen atoms in total. The molecule has 2 aromatic carbocycles. The normalized spacial score (nSPS) is 12.9. The van der Waals surface area contributed by atoms with E-state index in [2.05, 4.69) is 20.6 Å². The van der Waals surface area contributed by atoms with Crippen LogP contribution < -0.4 is 15.4 Å². The van der Waals surface area contributed by atoms with Crippen LogP contribution in [0, 0.1) is 6.92 Å². The predicted octanol–water partition coefficient (Wildman–Crippen LogP) is 4.96. The van der Waals surface area contributed by atoms with Crippen molar-refractivity contribution in [2.75, 3.05) is 5.32 Å². The second-order valence-electron chi connectivity index (χ2n) is 7.76. The standard InChI is InChI=1S/C24H19N5O3/c1-14-8-16-9-17(2-5-22(16)31-14)28-24(30)29-7-6-15-10-18(3-4-21(15)29)32-23-19-11-25-12-20(19)26-13-27-23/h2-10,13,25H,11-12H2,1H3,(H,28,30). The summed E-state index contributed by atoms with van der Waals surface area (Å²) < 4.78 is 13.2. The summed E-state index contributed by atoms with van der Waals surface area (Å²) in [6.07, 6.45) is 3.26. The maximum atomic E-state index is 12.9. The van der Waals surface area contributed by atoms with Crippen molar-refractivity contribution in [1.82, 2.24) is 19.9 Å². The zero-order valence-corrected chi connectivity index (χ0v) is 17.3. The highest BCUT2D eigenvalue weighted by Crippen LogP contribution is 2.30. The first-order valence-electron chi connectivity index (χ1n) is 10.3. The van der Waals surface area contributed by atoms with E-state index in [9.17, 15) is 4.79 Å². The Kier molecular flexibility index (Phi) is 4.19. The van der Waals surface area contributed by atoms with Gasteiger partial charge < -0.3 is 19.8 Å². The molecule has 4 heterocycles. The number of nitrogens with zero attached hydrogens (tertiary/aromatic N) is 3. The molecule has 32 heavy (non-hydrogen) atoms. The summed E-state index contributed by atoms with van der Waals surface area (Å²) in [5, 5.41) is 8.04. The molecule has 8 heteroatoms. The van der Waals surface area contributed by atoms with Gasteiger partial charge in [-0.1, -0.05) is 0 Å². The van der Waals surface area contributed by atoms with Crippen molar-refractivity contribution >= 4 is 33.6 Å². The Morgan fingerprint density at radius 1 is 1.09 bits per heavy atom. The van der Waals surface area contributed by atoms with Gasteiger partial charge in [0, 0.05) is 35.7 Å². The number of hydrogen-bond acceptors (Lipinski definition) is 6. The summed E-state index contributed by atoms with van der Waals surface area (Å²) >= 11 is 0. The van der Waals surface area contributed by atoms with Crippen LogP contribution in [0.4, 0.5) is 10.5 Å². The number of anilines is 1. The van der Waals surface area contributed by atoms with Crippen LogP contribution in [0.1, 0.15) is 17.0 Å². The number of hydrogen-bond donors (Lipinski definition) is 2. The first-order chi connectivity index (χ1) is 15.6. The number of furan rings is 1. The number of benzene rings is 2. The van der Waals surface area contributed by atoms with Crippen LogP contribution >= 0.6 is 0 Å². The SMILES string of the molecule is Cc1cc2cc(NC(=O)n3ccc4cc(Oc5ncnc6c5CNC6)ccc43)ccc2o1. The van der Waals surface area contributed by atoms with Crippen molar-refractivity contribution in [3.63, 3.8) is 0 Å². The van der Waals surface area contributed by atoms with Gasteiger partial charge in [0.25, 0.3) is 0 Å². The third-order valence-corrected chi connectivity index (χ3v) is 5.58. The summed E-state index contributed by atoms with van der Waals surface area (Å²) in [5.41, 5.74) is 4.22. The Morgan fingerprint density at radius 2 is 2.03 bits per heavy atom. The Bertz CT molecular complexity index is 1500. The van der Waals surface area contributed by atoms with Crippen LogP contribution in [0.3, 0.4) is 0 Å². The van der Waals surface area contributed by atoms with Crippen molar-refractivity contribution < 1.29 is 13.9 Å². The summed E-state index contributed by atoms with van der Waals surface area (Å²) in [7, 11) is 0. The number of carbonyl (C=O) groups excluding carboxylic acids is 1. The fourth-order valence-corrected chi connectivity index (χ4v) is 4.06. The molecule has 0 saturated carbocycles. The molecular weight excluding hydrogens is 406 g/mol. The van der Waals surface area contributed by atoms with Crippen molar-refractivity contribution in [2.24, 2.45) is 0 Å². The third kappa shape index (κ3) is 3.17. The van der Waals surface area contributed by atoms with E-state index in [1.807, 2.05) is 55.5 Å². The molecule has 0 fully saturated rings. The van der Waals surface area contributed by atoms with Gasteiger partial charge in [0.2, 0.25) is 5.88 Å². The largest absolute Gasteiger partial charge is 0.461 e. The van der Waals surface area contributed by atoms with E-state index in [0.717, 1.165) is 45.4 Å². The van der Waals surface area contributed by atoms with Crippen molar-refractivity contribution in [3.05, 3.63) is 78.1 Å². The van der Waals surface area contributed by atoms with E-state index in [1.54, 1.807) is 10.8 Å². The summed E-state index contributed by atoms with van der Waals surface area (Å²) in [4.78, 5) is 21.5. The van der Waals surface area contributed by atoms with Crippen LogP contribution in [0.15, 0.2) is 65.5 Å². The molecule has 1 amide bonds. The Morgan fingerprint density at radius 3 is 2.97 bits per heavy atom. The van der Waals surface area contributed by atoms with E-state index in [-0.39, 0.29) is 6.03 Å². The highest BCUT2D eigenvalue weighted by molar-refractivity contribution is 5.99. The molecule has 3 aromatic heterocycles. The summed E-state index contributed by atoms with van der Waals surface area (Å²) in [6, 6.07) is 14.8. The van der Waals surface area contributed by atoms with Gasteiger partial charge in [-0.25, -0.2) is 14.8 Å². The number of carbonyl (C=O) groups is 1. The van der Waals surface area contributed by atoms with Crippen LogP contribution in [-0.4, -0.2) is 20.6 Å². The molecule has 6 rings (SSSR count). The lowest BCUT2D eigenvalue weighted by molar-refractivity contribution is 0.254. The van der Waals surface area contributed by atoms with Crippen molar-refractivity contribution in [3.8, 4) is 11.6 Å². The van der Waals surface area contributed by atoms with E-state index < -0.39 is 0 Å². The summed E-state index contributed by atoms with van der Waals surface area (Å²) in [5.74, 6) is 2.05. The number of fused-ring (bicyclic) bond motifs is 3. The van der Waals surface area contributed by atoms with Gasteiger partial charge in [-0.3, -0.25) is 4.57 Å². The van der Waals surface area contributed by atoms with Gasteiger partial charge in [0.15, 0.2) is 0 Å². The van der Waals surface area contributed by atoms with Crippen LogP contribution in [0.5, 0.6) is 11.6 Å². The Balaban J connectivity index is 1.25. The van der Waals surface area contributed by atoms with Crippen LogP contribution in [-0.2, 0) is 13.1 Å². The number of nitrogens with one attached hydrogen (secondary N) is 2. The zero-order valence-electron chi connectivity index (χ0n) is 17.3. The van der Waals surface area contributed by atoms with E-state index in [4.69, 9.17) is 9.15 Å². The van der Waals surface area contributed by atoms with E-state index in [1.165, 1.54) is 6.33 Å². The quantitative estimate of drug-likeness (QED) is 0.424. The second kappa shape index (κ2) is 7.21. The molecule has 0 aliphatic carbocycles. The lowest BCUT2D eigenvalue weighted by Gasteiger charge is -2.09. The first kappa shape index (κ1) is 18.6. The molecule has 0 saturated heterocycles. The van der Waals surface area contributed by atoms with Gasteiger partial charge in [-0.2, -0.15) is 0 Å². The zero-order chi connectivity index (χ0) is 21.7. The molecule has 0 radical (unpaired) electrons. The molecule has 0 unspecified atom stereocenters. The summed E-state index contributed by atoms with van der Waals surface area (Å²) in [6.45, 7) is 3.31. The topological polar surface area (TPSA) is 94.2 Å². The van der Waals surface area contributed by atoms with E-state index in [0.29, 0.717) is 23.9 Å². The molecular formula is C24H19N5O3. The smallest absolute Gasteiger partial charge is 0.330 e. The number of aryl methyl sites for hydroxylation is 1. The average molecular weight is 425 g/mol. The minimum Gasteiger partial charge on any atom is -0.461 e. The van der Waals surface area contributed by atoms with Crippen molar-refractivity contribution in [2.45, 2.75) is 20.0 Å². The van der Waals surface area contributed by atoms with Gasteiger partial charge >= 0.3 is 6.03 Å². The maximum Gasteiger partial charge on any atom is 0.330 e. The monoisotopic (exact) mass is 425 g/mol. The highest BCUT2D eigenvalue weighted by atomic mass is 16.5. The Hall–Kier alpha value is -4.17. The van der Waals surface area contributed by atoms with E-state index >= 15 is 0 Å².